The van der Waals surface area contributed by atoms with Crippen molar-refractivity contribution in [3.63, 3.8) is 0 Å². The third-order valence-electron chi connectivity index (χ3n) is 7.78. The van der Waals surface area contributed by atoms with Crippen molar-refractivity contribution >= 4 is 22.8 Å². The third-order valence-corrected chi connectivity index (χ3v) is 7.78. The quantitative estimate of drug-likeness (QED) is 0.288. The second-order valence-corrected chi connectivity index (χ2v) is 10.4. The van der Waals surface area contributed by atoms with Crippen molar-refractivity contribution in [2.45, 2.75) is 51.0 Å². The average Bonchev–Trinajstić information content (AvgIpc) is 3.30. The number of carboxylic acids is 1. The molecule has 11 heteroatoms. The first kappa shape index (κ1) is 26.8. The van der Waals surface area contributed by atoms with E-state index in [1.54, 1.807) is 24.4 Å². The lowest BCUT2D eigenvalue weighted by atomic mass is 9.90. The van der Waals surface area contributed by atoms with Gasteiger partial charge in [0.1, 0.15) is 23.8 Å². The van der Waals surface area contributed by atoms with E-state index in [0.29, 0.717) is 35.7 Å². The van der Waals surface area contributed by atoms with Crippen LogP contribution in [0.4, 0.5) is 10.1 Å². The molecule has 0 N–H and O–H groups in total. The van der Waals surface area contributed by atoms with E-state index in [9.17, 15) is 14.3 Å². The zero-order chi connectivity index (χ0) is 28.3. The van der Waals surface area contributed by atoms with Crippen LogP contribution in [-0.4, -0.2) is 56.2 Å². The number of piperidine rings is 1. The summed E-state index contributed by atoms with van der Waals surface area (Å²) in [5, 5.41) is 11.4. The van der Waals surface area contributed by atoms with E-state index in [0.717, 1.165) is 50.3 Å². The summed E-state index contributed by atoms with van der Waals surface area (Å²) in [4.78, 5) is 30.6. The van der Waals surface area contributed by atoms with Gasteiger partial charge in [-0.2, -0.15) is 0 Å². The van der Waals surface area contributed by atoms with Gasteiger partial charge in [0.15, 0.2) is 11.3 Å². The number of pyridine rings is 2. The van der Waals surface area contributed by atoms with Gasteiger partial charge >= 0.3 is 0 Å². The molecule has 2 aliphatic heterocycles. The molecule has 1 aromatic carbocycles. The summed E-state index contributed by atoms with van der Waals surface area (Å²) in [6, 6.07) is 11.4. The van der Waals surface area contributed by atoms with Crippen molar-refractivity contribution in [3.8, 4) is 5.88 Å². The lowest BCUT2D eigenvalue weighted by Crippen LogP contribution is -2.35. The molecular weight excluding hydrogens is 527 g/mol. The smallest absolute Gasteiger partial charge is 0.217 e. The largest absolute Gasteiger partial charge is 0.543 e. The molecule has 5 heterocycles. The Bertz CT molecular complexity index is 1620. The highest BCUT2D eigenvalue weighted by atomic mass is 19.1. The summed E-state index contributed by atoms with van der Waals surface area (Å²) in [5.74, 6) is -0.223. The van der Waals surface area contributed by atoms with Gasteiger partial charge in [0.2, 0.25) is 5.88 Å². The van der Waals surface area contributed by atoms with Crippen LogP contribution in [0.3, 0.4) is 0 Å². The minimum absolute atomic E-state index is 0.0294. The maximum atomic E-state index is 14.4. The average molecular weight is 556 g/mol. The highest BCUT2D eigenvalue weighted by molar-refractivity contribution is 5.86. The van der Waals surface area contributed by atoms with Gasteiger partial charge in [-0.25, -0.2) is 24.2 Å². The Hall–Kier alpha value is -4.40. The Morgan fingerprint density at radius 2 is 2.00 bits per heavy atom. The number of hydrogen-bond acceptors (Lipinski definition) is 8. The number of carbonyl (C=O) groups excluding carboxylic acids is 1. The van der Waals surface area contributed by atoms with Gasteiger partial charge in [-0.3, -0.25) is 4.90 Å². The molecule has 4 aromatic rings. The van der Waals surface area contributed by atoms with Crippen molar-refractivity contribution in [2.75, 3.05) is 19.7 Å². The molecule has 2 saturated heterocycles. The number of aromatic carboxylic acids is 1. The molecule has 0 radical (unpaired) electrons. The van der Waals surface area contributed by atoms with Crippen molar-refractivity contribution in [3.05, 3.63) is 88.5 Å². The zero-order valence-electron chi connectivity index (χ0n) is 22.3. The van der Waals surface area contributed by atoms with Gasteiger partial charge in [-0.05, 0) is 62.5 Å². The summed E-state index contributed by atoms with van der Waals surface area (Å²) >= 11 is 0. The van der Waals surface area contributed by atoms with Crippen LogP contribution in [0.25, 0.3) is 16.0 Å². The van der Waals surface area contributed by atoms with E-state index in [2.05, 4.69) is 19.7 Å². The number of benzene rings is 1. The van der Waals surface area contributed by atoms with Crippen molar-refractivity contribution < 1.29 is 23.8 Å². The summed E-state index contributed by atoms with van der Waals surface area (Å²) in [5.41, 5.74) is 2.69. The van der Waals surface area contributed by atoms with Crippen molar-refractivity contribution in [1.82, 2.24) is 24.4 Å². The fourth-order valence-electron chi connectivity index (χ4n) is 5.41. The lowest BCUT2D eigenvalue weighted by Gasteiger charge is -2.33. The van der Waals surface area contributed by atoms with Crippen molar-refractivity contribution in [2.24, 2.45) is 0 Å². The molecule has 0 unspecified atom stereocenters. The van der Waals surface area contributed by atoms with Gasteiger partial charge in [0, 0.05) is 23.9 Å². The monoisotopic (exact) mass is 555 g/mol. The molecule has 3 aromatic heterocycles. The van der Waals surface area contributed by atoms with Crippen LogP contribution in [0.1, 0.15) is 52.6 Å². The number of carboxylic acid groups (broad SMARTS) is 1. The van der Waals surface area contributed by atoms with Crippen LogP contribution in [0.5, 0.6) is 5.88 Å². The molecule has 0 aliphatic carbocycles. The first-order chi connectivity index (χ1) is 20.0. The van der Waals surface area contributed by atoms with Gasteiger partial charge in [-0.1, -0.05) is 18.2 Å². The Morgan fingerprint density at radius 1 is 1.17 bits per heavy atom. The predicted molar refractivity (Wildman–Crippen MR) is 145 cm³/mol. The predicted octanol–water partition coefficient (Wildman–Crippen LogP) is 3.63. The number of likely N-dealkylation sites (tertiary alicyclic amines) is 1. The highest BCUT2D eigenvalue weighted by Gasteiger charge is 2.27. The number of rotatable bonds is 9. The maximum absolute atomic E-state index is 14.4. The molecule has 1 atom stereocenters. The molecule has 41 heavy (non-hydrogen) atoms. The van der Waals surface area contributed by atoms with Crippen LogP contribution in [0, 0.1) is 12.4 Å². The molecule has 6 rings (SSSR count). The second kappa shape index (κ2) is 11.6. The molecule has 2 fully saturated rings. The van der Waals surface area contributed by atoms with Crippen LogP contribution in [0.2, 0.25) is 0 Å². The number of nitrogens with zero attached hydrogens (tertiary/aromatic N) is 6. The van der Waals surface area contributed by atoms with Crippen LogP contribution >= 0.6 is 0 Å². The van der Waals surface area contributed by atoms with E-state index in [-0.39, 0.29) is 30.0 Å². The molecule has 0 amide bonds. The maximum Gasteiger partial charge on any atom is 0.217 e. The number of carbonyl (C=O) groups is 1. The molecule has 0 saturated carbocycles. The summed E-state index contributed by atoms with van der Waals surface area (Å²) in [7, 11) is 0. The minimum Gasteiger partial charge on any atom is -0.543 e. The molecule has 2 aliphatic rings. The molecule has 0 bridgehead atoms. The van der Waals surface area contributed by atoms with Gasteiger partial charge in [0.05, 0.1) is 37.4 Å². The van der Waals surface area contributed by atoms with Gasteiger partial charge in [-0.15, -0.1) is 0 Å². The van der Waals surface area contributed by atoms with Crippen LogP contribution in [-0.2, 0) is 24.4 Å². The van der Waals surface area contributed by atoms with E-state index in [1.165, 1.54) is 12.1 Å². The number of imidazole rings is 1. The van der Waals surface area contributed by atoms with E-state index >= 15 is 0 Å². The Labute approximate surface area is 236 Å². The summed E-state index contributed by atoms with van der Waals surface area (Å²) < 4.78 is 28.0. The van der Waals surface area contributed by atoms with E-state index < -0.39 is 11.8 Å². The van der Waals surface area contributed by atoms with Gasteiger partial charge in [0.25, 0.3) is 0 Å². The normalized spacial score (nSPS) is 17.7. The number of halogens is 1. The minimum atomic E-state index is -1.31. The van der Waals surface area contributed by atoms with Gasteiger partial charge < -0.3 is 23.9 Å². The summed E-state index contributed by atoms with van der Waals surface area (Å²) in [6.45, 7) is 10.6. The van der Waals surface area contributed by atoms with Crippen molar-refractivity contribution in [1.29, 1.82) is 0 Å². The molecule has 0 spiro atoms. The number of aromatic nitrogens is 4. The third kappa shape index (κ3) is 5.75. The lowest BCUT2D eigenvalue weighted by molar-refractivity contribution is -0.255. The summed E-state index contributed by atoms with van der Waals surface area (Å²) in [6.07, 6.45) is 4.44. The first-order valence-electron chi connectivity index (χ1n) is 13.6. The Morgan fingerprint density at radius 3 is 2.71 bits per heavy atom. The molecular formula is C30H28FN6O4-. The molecule has 210 valence electrons. The fraction of sp³-hybridized carbons (Fsp3) is 0.367. The highest BCUT2D eigenvalue weighted by Crippen LogP contribution is 2.34. The molecule has 10 nitrogen and oxygen atoms in total. The zero-order valence-corrected chi connectivity index (χ0v) is 22.3. The fourth-order valence-corrected chi connectivity index (χ4v) is 5.41. The topological polar surface area (TPSA) is 110 Å². The number of hydrogen-bond donors (Lipinski definition) is 0. The van der Waals surface area contributed by atoms with E-state index in [1.807, 2.05) is 16.7 Å². The number of ether oxygens (including phenoxy) is 2. The first-order valence-corrected chi connectivity index (χ1v) is 13.6. The van der Waals surface area contributed by atoms with E-state index in [4.69, 9.17) is 21.0 Å². The van der Waals surface area contributed by atoms with Crippen LogP contribution < -0.4 is 9.84 Å². The standard InChI is InChI=1S/C30H29FN6O4/c1-32-21-5-4-20(24(31)15-21)18-41-29-23(3-2-11-33-29)19-8-12-36(13-9-19)17-27-34-25-6-7-26(30(38)39)35-28(25)37(27)16-22-10-14-40-22/h2-7,11,15,19,22H,8-10,12-14,16-18H2,(H,38,39)/p-1/t22-/m0/s1. The Balaban J connectivity index is 1.14. The number of fused-ring (bicyclic) bond motifs is 1. The second-order valence-electron chi connectivity index (χ2n) is 10.4. The Kier molecular flexibility index (Phi) is 7.59. The SMILES string of the molecule is [C-]#[N+]c1ccc(COc2ncccc2C2CCN(Cc3nc4ccc(C(=O)[O-])nc4n3C[C@@H]3CCO3)CC2)c(F)c1. The van der Waals surface area contributed by atoms with Crippen LogP contribution in [0.15, 0.2) is 48.7 Å².